The lowest BCUT2D eigenvalue weighted by atomic mass is 10.1. The molecule has 1 N–H and O–H groups in total. The van der Waals surface area contributed by atoms with E-state index in [0.29, 0.717) is 18.0 Å². The number of anilines is 1. The molecule has 2 aliphatic rings. The van der Waals surface area contributed by atoms with Gasteiger partial charge in [-0.3, -0.25) is 9.59 Å². The fourth-order valence-electron chi connectivity index (χ4n) is 2.46. The van der Waals surface area contributed by atoms with Crippen LogP contribution < -0.4 is 10.2 Å². The van der Waals surface area contributed by atoms with Crippen LogP contribution in [0.4, 0.5) is 5.69 Å². The maximum absolute atomic E-state index is 12.4. The van der Waals surface area contributed by atoms with E-state index in [-0.39, 0.29) is 17.9 Å². The predicted octanol–water partition coefficient (Wildman–Crippen LogP) is 2.28. The van der Waals surface area contributed by atoms with E-state index in [9.17, 15) is 9.59 Å². The molecule has 1 saturated carbocycles. The van der Waals surface area contributed by atoms with Crippen LogP contribution in [0.25, 0.3) is 0 Å². The molecule has 1 saturated heterocycles. The second kappa shape index (κ2) is 5.09. The number of benzene rings is 1. The van der Waals surface area contributed by atoms with Gasteiger partial charge in [0.1, 0.15) is 5.92 Å². The molecule has 1 aromatic rings. The van der Waals surface area contributed by atoms with Gasteiger partial charge in [0.15, 0.2) is 0 Å². The van der Waals surface area contributed by atoms with Crippen LogP contribution in [0, 0.1) is 12.8 Å². The number of amides is 2. The molecular formula is C15H17ClN2O2. The number of aryl methyl sites for hydroxylation is 1. The fraction of sp³-hybridized carbons (Fsp3) is 0.467. The van der Waals surface area contributed by atoms with Crippen molar-refractivity contribution in [3.05, 3.63) is 28.8 Å². The normalized spacial score (nSPS) is 22.2. The lowest BCUT2D eigenvalue weighted by Gasteiger charge is -2.17. The zero-order valence-corrected chi connectivity index (χ0v) is 12.1. The highest BCUT2D eigenvalue weighted by Gasteiger charge is 2.39. The van der Waals surface area contributed by atoms with Gasteiger partial charge in [0.05, 0.1) is 0 Å². The summed E-state index contributed by atoms with van der Waals surface area (Å²) in [6.07, 6.45) is 2.64. The van der Waals surface area contributed by atoms with E-state index in [4.69, 9.17) is 11.6 Å². The third-order valence-corrected chi connectivity index (χ3v) is 4.32. The number of rotatable bonds is 3. The largest absolute Gasteiger partial charge is 0.353 e. The summed E-state index contributed by atoms with van der Waals surface area (Å²) in [5, 5.41) is 3.55. The number of hydrogen-bond acceptors (Lipinski definition) is 2. The molecule has 3 rings (SSSR count). The first kappa shape index (κ1) is 13.4. The highest BCUT2D eigenvalue weighted by atomic mass is 35.5. The van der Waals surface area contributed by atoms with Crippen molar-refractivity contribution in [1.29, 1.82) is 0 Å². The minimum absolute atomic E-state index is 0.122. The standard InChI is InChI=1S/C15H17ClN2O2/c1-9-2-5-11(8-13(9)16)18-7-6-12(15(18)20)14(19)17-10-3-4-10/h2,5,8,10,12H,3-4,6-7H2,1H3,(H,17,19). The zero-order chi connectivity index (χ0) is 14.3. The molecule has 5 heteroatoms. The molecule has 106 valence electrons. The maximum atomic E-state index is 12.4. The van der Waals surface area contributed by atoms with Crippen molar-refractivity contribution in [1.82, 2.24) is 5.32 Å². The van der Waals surface area contributed by atoms with Crippen LogP contribution in [-0.2, 0) is 9.59 Å². The molecule has 1 aliphatic heterocycles. The first-order valence-corrected chi connectivity index (χ1v) is 7.32. The Hall–Kier alpha value is -1.55. The Morgan fingerprint density at radius 2 is 2.10 bits per heavy atom. The molecule has 1 atom stereocenters. The van der Waals surface area contributed by atoms with Gasteiger partial charge in [0.25, 0.3) is 0 Å². The molecule has 2 fully saturated rings. The van der Waals surface area contributed by atoms with Gasteiger partial charge in [0, 0.05) is 23.3 Å². The van der Waals surface area contributed by atoms with E-state index in [2.05, 4.69) is 5.32 Å². The molecule has 1 aromatic carbocycles. The molecular weight excluding hydrogens is 276 g/mol. The van der Waals surface area contributed by atoms with Gasteiger partial charge in [-0.15, -0.1) is 0 Å². The number of carbonyl (C=O) groups is 2. The SMILES string of the molecule is Cc1ccc(N2CCC(C(=O)NC3CC3)C2=O)cc1Cl. The minimum Gasteiger partial charge on any atom is -0.353 e. The third-order valence-electron chi connectivity index (χ3n) is 3.91. The Morgan fingerprint density at radius 1 is 1.35 bits per heavy atom. The molecule has 4 nitrogen and oxygen atoms in total. The van der Waals surface area contributed by atoms with Crippen LogP contribution in [-0.4, -0.2) is 24.4 Å². The van der Waals surface area contributed by atoms with Gasteiger partial charge in [-0.2, -0.15) is 0 Å². The highest BCUT2D eigenvalue weighted by molar-refractivity contribution is 6.31. The van der Waals surface area contributed by atoms with Gasteiger partial charge in [-0.05, 0) is 43.9 Å². The van der Waals surface area contributed by atoms with Crippen LogP contribution in [0.5, 0.6) is 0 Å². The summed E-state index contributed by atoms with van der Waals surface area (Å²) in [5.41, 5.74) is 1.75. The first-order chi connectivity index (χ1) is 9.56. The summed E-state index contributed by atoms with van der Waals surface area (Å²) in [6.45, 7) is 2.49. The molecule has 1 aliphatic carbocycles. The average molecular weight is 293 g/mol. The quantitative estimate of drug-likeness (QED) is 0.869. The summed E-state index contributed by atoms with van der Waals surface area (Å²) < 4.78 is 0. The Balaban J connectivity index is 1.74. The molecule has 1 heterocycles. The van der Waals surface area contributed by atoms with Gasteiger partial charge in [-0.25, -0.2) is 0 Å². The van der Waals surface area contributed by atoms with Crippen molar-refractivity contribution in [2.24, 2.45) is 5.92 Å². The Bertz CT molecular complexity index is 569. The van der Waals surface area contributed by atoms with Gasteiger partial charge in [-0.1, -0.05) is 17.7 Å². The van der Waals surface area contributed by atoms with Crippen LogP contribution in [0.2, 0.25) is 5.02 Å². The molecule has 0 aromatic heterocycles. The topological polar surface area (TPSA) is 49.4 Å². The lowest BCUT2D eigenvalue weighted by Crippen LogP contribution is -2.37. The van der Waals surface area contributed by atoms with E-state index in [1.807, 2.05) is 19.1 Å². The first-order valence-electron chi connectivity index (χ1n) is 6.94. The summed E-state index contributed by atoms with van der Waals surface area (Å²) in [6, 6.07) is 5.84. The molecule has 0 spiro atoms. The number of halogens is 1. The van der Waals surface area contributed by atoms with Crippen LogP contribution >= 0.6 is 11.6 Å². The van der Waals surface area contributed by atoms with Crippen molar-refractivity contribution in [3.63, 3.8) is 0 Å². The smallest absolute Gasteiger partial charge is 0.239 e. The number of nitrogens with zero attached hydrogens (tertiary/aromatic N) is 1. The van der Waals surface area contributed by atoms with E-state index >= 15 is 0 Å². The van der Waals surface area contributed by atoms with Gasteiger partial charge in [0.2, 0.25) is 11.8 Å². The molecule has 20 heavy (non-hydrogen) atoms. The van der Waals surface area contributed by atoms with Crippen molar-refractivity contribution in [3.8, 4) is 0 Å². The number of hydrogen-bond donors (Lipinski definition) is 1. The zero-order valence-electron chi connectivity index (χ0n) is 11.4. The molecule has 1 unspecified atom stereocenters. The second-order valence-corrected chi connectivity index (χ2v) is 5.95. The average Bonchev–Trinajstić information content (AvgIpc) is 3.13. The molecule has 0 bridgehead atoms. The van der Waals surface area contributed by atoms with E-state index in [1.165, 1.54) is 0 Å². The van der Waals surface area contributed by atoms with Crippen LogP contribution in [0.1, 0.15) is 24.8 Å². The third kappa shape index (κ3) is 2.52. The van der Waals surface area contributed by atoms with E-state index in [1.54, 1.807) is 11.0 Å². The lowest BCUT2D eigenvalue weighted by molar-refractivity contribution is -0.132. The highest BCUT2D eigenvalue weighted by Crippen LogP contribution is 2.29. The minimum atomic E-state index is -0.546. The summed E-state index contributed by atoms with van der Waals surface area (Å²) in [7, 11) is 0. The van der Waals surface area contributed by atoms with Crippen molar-refractivity contribution < 1.29 is 9.59 Å². The molecule has 0 radical (unpaired) electrons. The van der Waals surface area contributed by atoms with Crippen molar-refractivity contribution in [2.45, 2.75) is 32.2 Å². The van der Waals surface area contributed by atoms with E-state index < -0.39 is 5.92 Å². The van der Waals surface area contributed by atoms with Crippen LogP contribution in [0.15, 0.2) is 18.2 Å². The maximum Gasteiger partial charge on any atom is 0.239 e. The Morgan fingerprint density at radius 3 is 2.75 bits per heavy atom. The summed E-state index contributed by atoms with van der Waals surface area (Å²) in [4.78, 5) is 26.0. The van der Waals surface area contributed by atoms with Crippen LogP contribution in [0.3, 0.4) is 0 Å². The van der Waals surface area contributed by atoms with Gasteiger partial charge >= 0.3 is 0 Å². The van der Waals surface area contributed by atoms with Crippen molar-refractivity contribution in [2.75, 3.05) is 11.4 Å². The van der Waals surface area contributed by atoms with Gasteiger partial charge < -0.3 is 10.2 Å². The van der Waals surface area contributed by atoms with Crippen molar-refractivity contribution >= 4 is 29.1 Å². The monoisotopic (exact) mass is 292 g/mol. The van der Waals surface area contributed by atoms with E-state index in [0.717, 1.165) is 24.1 Å². The predicted molar refractivity (Wildman–Crippen MR) is 77.8 cm³/mol. The number of nitrogens with one attached hydrogen (secondary N) is 1. The second-order valence-electron chi connectivity index (χ2n) is 5.55. The number of carbonyl (C=O) groups excluding carboxylic acids is 2. The summed E-state index contributed by atoms with van der Waals surface area (Å²) in [5.74, 6) is -0.794. The summed E-state index contributed by atoms with van der Waals surface area (Å²) >= 11 is 6.10. The molecule has 2 amide bonds. The Labute approximate surface area is 123 Å². The Kier molecular flexibility index (Phi) is 3.42. The fourth-order valence-corrected chi connectivity index (χ4v) is 2.63.